The number of rotatable bonds is 2. The summed E-state index contributed by atoms with van der Waals surface area (Å²) in [7, 11) is 0. The van der Waals surface area contributed by atoms with Gasteiger partial charge in [-0.05, 0) is 12.5 Å². The Hall–Kier alpha value is -1.15. The SMILES string of the molecule is CC(=O)c1ccccc1C[NH]. The molecule has 0 aliphatic carbocycles. The predicted octanol–water partition coefficient (Wildman–Crippen LogP) is 1.67. The topological polar surface area (TPSA) is 40.9 Å². The fourth-order valence-electron chi connectivity index (χ4n) is 1.02. The zero-order valence-electron chi connectivity index (χ0n) is 6.42. The zero-order chi connectivity index (χ0) is 8.27. The molecule has 0 fully saturated rings. The molecule has 11 heavy (non-hydrogen) atoms. The molecule has 1 N–H and O–H groups in total. The number of carbonyl (C=O) groups excluding carboxylic acids is 1. The van der Waals surface area contributed by atoms with Crippen LogP contribution in [0.2, 0.25) is 0 Å². The first-order chi connectivity index (χ1) is 5.25. The molecule has 0 aromatic heterocycles. The van der Waals surface area contributed by atoms with Crippen LogP contribution in [0.25, 0.3) is 0 Å². The Morgan fingerprint density at radius 3 is 2.55 bits per heavy atom. The molecule has 2 nitrogen and oxygen atoms in total. The number of carbonyl (C=O) groups is 1. The maximum absolute atomic E-state index is 10.9. The highest BCUT2D eigenvalue weighted by molar-refractivity contribution is 5.95. The van der Waals surface area contributed by atoms with Crippen molar-refractivity contribution in [3.8, 4) is 0 Å². The van der Waals surface area contributed by atoms with Crippen LogP contribution >= 0.6 is 0 Å². The van der Waals surface area contributed by atoms with E-state index in [4.69, 9.17) is 5.73 Å². The highest BCUT2D eigenvalue weighted by Gasteiger charge is 2.02. The minimum absolute atomic E-state index is 0.0350. The van der Waals surface area contributed by atoms with Crippen molar-refractivity contribution in [1.82, 2.24) is 5.73 Å². The molecule has 0 saturated heterocycles. The monoisotopic (exact) mass is 148 g/mol. The summed E-state index contributed by atoms with van der Waals surface area (Å²) in [6.45, 7) is 1.70. The number of benzene rings is 1. The first-order valence-electron chi connectivity index (χ1n) is 3.49. The lowest BCUT2D eigenvalue weighted by molar-refractivity contribution is 0.101. The van der Waals surface area contributed by atoms with Crippen molar-refractivity contribution < 1.29 is 4.79 Å². The maximum atomic E-state index is 10.9. The molecule has 0 spiro atoms. The molecular weight excluding hydrogens is 138 g/mol. The van der Waals surface area contributed by atoms with E-state index >= 15 is 0 Å². The summed E-state index contributed by atoms with van der Waals surface area (Å²) in [6, 6.07) is 7.22. The van der Waals surface area contributed by atoms with Gasteiger partial charge in [0.1, 0.15) is 0 Å². The molecule has 2 heteroatoms. The average molecular weight is 148 g/mol. The fourth-order valence-corrected chi connectivity index (χ4v) is 1.02. The highest BCUT2D eigenvalue weighted by atomic mass is 16.1. The lowest BCUT2D eigenvalue weighted by atomic mass is 10.1. The van der Waals surface area contributed by atoms with E-state index in [2.05, 4.69) is 0 Å². The van der Waals surface area contributed by atoms with E-state index in [0.717, 1.165) is 5.56 Å². The molecule has 0 bridgehead atoms. The van der Waals surface area contributed by atoms with E-state index in [9.17, 15) is 4.79 Å². The van der Waals surface area contributed by atoms with Crippen molar-refractivity contribution in [1.29, 1.82) is 0 Å². The molecule has 1 rings (SSSR count). The van der Waals surface area contributed by atoms with Crippen LogP contribution < -0.4 is 5.73 Å². The van der Waals surface area contributed by atoms with E-state index < -0.39 is 0 Å². The van der Waals surface area contributed by atoms with Crippen molar-refractivity contribution in [2.75, 3.05) is 0 Å². The molecule has 0 heterocycles. The first-order valence-corrected chi connectivity index (χ1v) is 3.49. The van der Waals surface area contributed by atoms with Gasteiger partial charge < -0.3 is 0 Å². The smallest absolute Gasteiger partial charge is 0.160 e. The van der Waals surface area contributed by atoms with Crippen LogP contribution in [0.15, 0.2) is 24.3 Å². The summed E-state index contributed by atoms with van der Waals surface area (Å²) < 4.78 is 0. The van der Waals surface area contributed by atoms with Gasteiger partial charge in [0.2, 0.25) is 0 Å². The van der Waals surface area contributed by atoms with Crippen molar-refractivity contribution in [2.45, 2.75) is 13.5 Å². The van der Waals surface area contributed by atoms with Crippen LogP contribution in [0.1, 0.15) is 22.8 Å². The first kappa shape index (κ1) is 7.95. The Labute approximate surface area is 66.0 Å². The van der Waals surface area contributed by atoms with Gasteiger partial charge in [0, 0.05) is 12.1 Å². The second kappa shape index (κ2) is 3.30. The maximum Gasteiger partial charge on any atom is 0.160 e. The standard InChI is InChI=1S/C9H10NO/c1-7(11)9-5-3-2-4-8(9)6-10/h2-5,10H,6H2,1H3. The van der Waals surface area contributed by atoms with E-state index in [-0.39, 0.29) is 12.3 Å². The Bertz CT molecular complexity index is 268. The van der Waals surface area contributed by atoms with Crippen molar-refractivity contribution >= 4 is 5.78 Å². The minimum atomic E-state index is 0.0350. The van der Waals surface area contributed by atoms with E-state index in [0.29, 0.717) is 5.56 Å². The summed E-state index contributed by atoms with van der Waals surface area (Å²) in [5, 5.41) is 0. The largest absolute Gasteiger partial charge is 0.295 e. The van der Waals surface area contributed by atoms with Crippen LogP contribution in [-0.2, 0) is 6.54 Å². The Morgan fingerprint density at radius 2 is 2.09 bits per heavy atom. The molecular formula is C9H10NO. The number of Topliss-reactive ketones (excluding diaryl/α,β-unsaturated/α-hetero) is 1. The molecule has 0 atom stereocenters. The van der Waals surface area contributed by atoms with Crippen LogP contribution in [0, 0.1) is 0 Å². The lowest BCUT2D eigenvalue weighted by Crippen LogP contribution is -1.99. The van der Waals surface area contributed by atoms with Gasteiger partial charge in [0.25, 0.3) is 0 Å². The Balaban J connectivity index is 3.12. The van der Waals surface area contributed by atoms with Crippen LogP contribution in [0.4, 0.5) is 0 Å². The van der Waals surface area contributed by atoms with Gasteiger partial charge in [-0.3, -0.25) is 10.5 Å². The van der Waals surface area contributed by atoms with Crippen LogP contribution in [0.3, 0.4) is 0 Å². The summed E-state index contributed by atoms with van der Waals surface area (Å²) in [6.07, 6.45) is 0. The van der Waals surface area contributed by atoms with Gasteiger partial charge in [0.05, 0.1) is 0 Å². The fraction of sp³-hybridized carbons (Fsp3) is 0.222. The van der Waals surface area contributed by atoms with Crippen molar-refractivity contribution in [3.05, 3.63) is 35.4 Å². The molecule has 1 aromatic carbocycles. The quantitative estimate of drug-likeness (QED) is 0.588. The number of hydrogen-bond acceptors (Lipinski definition) is 1. The van der Waals surface area contributed by atoms with Gasteiger partial charge in [-0.2, -0.15) is 0 Å². The molecule has 0 aliphatic heterocycles. The van der Waals surface area contributed by atoms with Gasteiger partial charge in [-0.1, -0.05) is 24.3 Å². The van der Waals surface area contributed by atoms with Crippen molar-refractivity contribution in [3.63, 3.8) is 0 Å². The van der Waals surface area contributed by atoms with Gasteiger partial charge in [-0.15, -0.1) is 0 Å². The van der Waals surface area contributed by atoms with E-state index in [1.54, 1.807) is 6.07 Å². The highest BCUT2D eigenvalue weighted by Crippen LogP contribution is 2.08. The van der Waals surface area contributed by atoms with Crippen LogP contribution in [-0.4, -0.2) is 5.78 Å². The number of ketones is 1. The lowest BCUT2D eigenvalue weighted by Gasteiger charge is -2.01. The predicted molar refractivity (Wildman–Crippen MR) is 43.2 cm³/mol. The van der Waals surface area contributed by atoms with E-state index in [1.807, 2.05) is 18.2 Å². The van der Waals surface area contributed by atoms with Gasteiger partial charge >= 0.3 is 0 Å². The normalized spacial score (nSPS) is 9.64. The summed E-state index contributed by atoms with van der Waals surface area (Å²) in [5.74, 6) is 0.0350. The number of hydrogen-bond donors (Lipinski definition) is 0. The third kappa shape index (κ3) is 1.65. The van der Waals surface area contributed by atoms with Crippen molar-refractivity contribution in [2.24, 2.45) is 0 Å². The average Bonchev–Trinajstić information content (AvgIpc) is 2.04. The molecule has 57 valence electrons. The van der Waals surface area contributed by atoms with E-state index in [1.165, 1.54) is 6.92 Å². The molecule has 1 radical (unpaired) electrons. The summed E-state index contributed by atoms with van der Waals surface area (Å²) >= 11 is 0. The third-order valence-electron chi connectivity index (χ3n) is 1.59. The third-order valence-corrected chi connectivity index (χ3v) is 1.59. The summed E-state index contributed by atoms with van der Waals surface area (Å²) in [4.78, 5) is 10.9. The van der Waals surface area contributed by atoms with Gasteiger partial charge in [-0.25, -0.2) is 0 Å². The molecule has 0 unspecified atom stereocenters. The molecule has 1 aromatic rings. The van der Waals surface area contributed by atoms with Gasteiger partial charge in [0.15, 0.2) is 5.78 Å². The number of nitrogens with one attached hydrogen (secondary N) is 1. The molecule has 0 amide bonds. The zero-order valence-corrected chi connectivity index (χ0v) is 6.42. The molecule has 0 saturated carbocycles. The van der Waals surface area contributed by atoms with Crippen LogP contribution in [0.5, 0.6) is 0 Å². The molecule has 0 aliphatic rings. The second-order valence-corrected chi connectivity index (χ2v) is 2.39. The minimum Gasteiger partial charge on any atom is -0.295 e. The second-order valence-electron chi connectivity index (χ2n) is 2.39. The Morgan fingerprint density at radius 1 is 1.45 bits per heavy atom. The summed E-state index contributed by atoms with van der Waals surface area (Å²) in [5.41, 5.74) is 8.60. The Kier molecular flexibility index (Phi) is 2.39.